The SMILES string of the molecule is Cc1cccc(F)c1C1(O)CC2CCCC(C1)N2. The first kappa shape index (κ1) is 12.1. The monoisotopic (exact) mass is 249 g/mol. The highest BCUT2D eigenvalue weighted by molar-refractivity contribution is 5.34. The third-order valence-electron chi connectivity index (χ3n) is 4.43. The van der Waals surface area contributed by atoms with Crippen LogP contribution in [0.5, 0.6) is 0 Å². The Morgan fingerprint density at radius 1 is 1.28 bits per heavy atom. The summed E-state index contributed by atoms with van der Waals surface area (Å²) in [5.74, 6) is -0.266. The van der Waals surface area contributed by atoms with E-state index in [4.69, 9.17) is 0 Å². The van der Waals surface area contributed by atoms with E-state index >= 15 is 0 Å². The molecule has 1 aromatic rings. The second-order valence-electron chi connectivity index (χ2n) is 5.86. The van der Waals surface area contributed by atoms with Gasteiger partial charge in [-0.2, -0.15) is 0 Å². The summed E-state index contributed by atoms with van der Waals surface area (Å²) < 4.78 is 14.1. The van der Waals surface area contributed by atoms with E-state index in [9.17, 15) is 9.50 Å². The smallest absolute Gasteiger partial charge is 0.129 e. The fraction of sp³-hybridized carbons (Fsp3) is 0.600. The van der Waals surface area contributed by atoms with E-state index in [0.717, 1.165) is 18.4 Å². The van der Waals surface area contributed by atoms with Gasteiger partial charge in [-0.25, -0.2) is 4.39 Å². The van der Waals surface area contributed by atoms with Crippen molar-refractivity contribution < 1.29 is 9.50 Å². The lowest BCUT2D eigenvalue weighted by Gasteiger charge is -2.46. The highest BCUT2D eigenvalue weighted by Gasteiger charge is 2.43. The van der Waals surface area contributed by atoms with Gasteiger partial charge in [0.05, 0.1) is 5.60 Å². The van der Waals surface area contributed by atoms with Crippen molar-refractivity contribution in [1.29, 1.82) is 0 Å². The quantitative estimate of drug-likeness (QED) is 0.802. The number of piperidine rings is 2. The summed E-state index contributed by atoms with van der Waals surface area (Å²) in [4.78, 5) is 0. The van der Waals surface area contributed by atoms with Crippen LogP contribution in [-0.2, 0) is 5.60 Å². The summed E-state index contributed by atoms with van der Waals surface area (Å²) in [5, 5.41) is 14.5. The average Bonchev–Trinajstić information content (AvgIpc) is 2.27. The first-order chi connectivity index (χ1) is 8.58. The molecule has 0 spiro atoms. The maximum atomic E-state index is 14.1. The zero-order valence-electron chi connectivity index (χ0n) is 10.7. The first-order valence-electron chi connectivity index (χ1n) is 6.82. The molecule has 3 rings (SSSR count). The van der Waals surface area contributed by atoms with Crippen LogP contribution in [0.3, 0.4) is 0 Å². The van der Waals surface area contributed by atoms with Gasteiger partial charge < -0.3 is 10.4 Å². The summed E-state index contributed by atoms with van der Waals surface area (Å²) in [5.41, 5.74) is 0.386. The van der Waals surface area contributed by atoms with Gasteiger partial charge >= 0.3 is 0 Å². The molecular formula is C15H20FNO. The van der Waals surface area contributed by atoms with E-state index in [1.165, 1.54) is 12.5 Å². The number of aryl methyl sites for hydroxylation is 1. The van der Waals surface area contributed by atoms with Crippen LogP contribution in [-0.4, -0.2) is 17.2 Å². The molecule has 2 bridgehead atoms. The van der Waals surface area contributed by atoms with Crippen molar-refractivity contribution in [3.8, 4) is 0 Å². The molecule has 0 saturated carbocycles. The zero-order valence-corrected chi connectivity index (χ0v) is 10.7. The summed E-state index contributed by atoms with van der Waals surface area (Å²) in [6, 6.07) is 5.72. The van der Waals surface area contributed by atoms with Crippen LogP contribution in [0.15, 0.2) is 18.2 Å². The minimum Gasteiger partial charge on any atom is -0.385 e. The van der Waals surface area contributed by atoms with Crippen molar-refractivity contribution in [2.24, 2.45) is 0 Å². The van der Waals surface area contributed by atoms with Crippen molar-refractivity contribution in [2.45, 2.75) is 56.7 Å². The van der Waals surface area contributed by atoms with Crippen molar-refractivity contribution in [3.63, 3.8) is 0 Å². The molecule has 1 aromatic carbocycles. The average molecular weight is 249 g/mol. The van der Waals surface area contributed by atoms with Crippen LogP contribution in [0.2, 0.25) is 0 Å². The summed E-state index contributed by atoms with van der Waals surface area (Å²) in [7, 11) is 0. The van der Waals surface area contributed by atoms with Crippen LogP contribution in [0.1, 0.15) is 43.2 Å². The fourth-order valence-corrected chi connectivity index (χ4v) is 3.76. The molecule has 2 saturated heterocycles. The third kappa shape index (κ3) is 1.95. The third-order valence-corrected chi connectivity index (χ3v) is 4.43. The first-order valence-corrected chi connectivity index (χ1v) is 6.82. The molecule has 2 unspecified atom stereocenters. The molecule has 2 heterocycles. The molecule has 0 aromatic heterocycles. The Hall–Kier alpha value is -0.930. The standard InChI is InChI=1S/C15H20FNO/c1-10-4-2-7-13(16)14(10)15(18)8-11-5-3-6-12(9-15)17-11/h2,4,7,11-12,17-18H,3,5-6,8-9H2,1H3. The van der Waals surface area contributed by atoms with Gasteiger partial charge in [0.2, 0.25) is 0 Å². The van der Waals surface area contributed by atoms with Crippen molar-refractivity contribution in [2.75, 3.05) is 0 Å². The molecule has 2 N–H and O–H groups in total. The maximum absolute atomic E-state index is 14.1. The molecule has 98 valence electrons. The lowest BCUT2D eigenvalue weighted by molar-refractivity contribution is -0.0388. The number of rotatable bonds is 1. The van der Waals surface area contributed by atoms with E-state index in [1.807, 2.05) is 13.0 Å². The number of halogens is 1. The van der Waals surface area contributed by atoms with E-state index in [0.29, 0.717) is 30.5 Å². The molecular weight excluding hydrogens is 229 g/mol. The Labute approximate surface area is 107 Å². The van der Waals surface area contributed by atoms with Crippen LogP contribution in [0.25, 0.3) is 0 Å². The lowest BCUT2D eigenvalue weighted by Crippen LogP contribution is -2.54. The normalized spacial score (nSPS) is 35.5. The summed E-state index contributed by atoms with van der Waals surface area (Å²) in [6.45, 7) is 1.88. The summed E-state index contributed by atoms with van der Waals surface area (Å²) >= 11 is 0. The van der Waals surface area contributed by atoms with Crippen molar-refractivity contribution in [1.82, 2.24) is 5.32 Å². The molecule has 0 radical (unpaired) electrons. The van der Waals surface area contributed by atoms with Crippen LogP contribution >= 0.6 is 0 Å². The van der Waals surface area contributed by atoms with Crippen molar-refractivity contribution >= 4 is 0 Å². The van der Waals surface area contributed by atoms with E-state index in [1.54, 1.807) is 6.07 Å². The molecule has 3 heteroatoms. The molecule has 2 aliphatic heterocycles. The molecule has 2 fully saturated rings. The molecule has 2 nitrogen and oxygen atoms in total. The molecule has 2 atom stereocenters. The second-order valence-corrected chi connectivity index (χ2v) is 5.86. The zero-order chi connectivity index (χ0) is 12.8. The number of benzene rings is 1. The number of nitrogens with one attached hydrogen (secondary N) is 1. The summed E-state index contributed by atoms with van der Waals surface area (Å²) in [6.07, 6.45) is 4.66. The molecule has 0 aliphatic carbocycles. The highest BCUT2D eigenvalue weighted by atomic mass is 19.1. The van der Waals surface area contributed by atoms with Gasteiger partial charge in [-0.15, -0.1) is 0 Å². The van der Waals surface area contributed by atoms with Crippen LogP contribution < -0.4 is 5.32 Å². The predicted octanol–water partition coefficient (Wildman–Crippen LogP) is 2.63. The largest absolute Gasteiger partial charge is 0.385 e. The fourth-order valence-electron chi connectivity index (χ4n) is 3.76. The van der Waals surface area contributed by atoms with Gasteiger partial charge in [0.1, 0.15) is 5.82 Å². The Morgan fingerprint density at radius 2 is 1.94 bits per heavy atom. The van der Waals surface area contributed by atoms with E-state index in [-0.39, 0.29) is 5.82 Å². The van der Waals surface area contributed by atoms with Gasteiger partial charge in [0.25, 0.3) is 0 Å². The highest BCUT2D eigenvalue weighted by Crippen LogP contribution is 2.41. The molecule has 0 amide bonds. The topological polar surface area (TPSA) is 32.3 Å². The number of fused-ring (bicyclic) bond motifs is 2. The maximum Gasteiger partial charge on any atom is 0.129 e. The molecule has 2 aliphatic rings. The van der Waals surface area contributed by atoms with E-state index in [2.05, 4.69) is 5.32 Å². The van der Waals surface area contributed by atoms with E-state index < -0.39 is 5.60 Å². The minimum atomic E-state index is -0.990. The minimum absolute atomic E-state index is 0.266. The number of aliphatic hydroxyl groups is 1. The van der Waals surface area contributed by atoms with Gasteiger partial charge in [0, 0.05) is 17.6 Å². The number of hydrogen-bond donors (Lipinski definition) is 2. The van der Waals surface area contributed by atoms with Crippen LogP contribution in [0, 0.1) is 12.7 Å². The Balaban J connectivity index is 1.99. The molecule has 18 heavy (non-hydrogen) atoms. The van der Waals surface area contributed by atoms with Gasteiger partial charge in [0.15, 0.2) is 0 Å². The Bertz CT molecular complexity index is 428. The van der Waals surface area contributed by atoms with Gasteiger partial charge in [-0.3, -0.25) is 0 Å². The lowest BCUT2D eigenvalue weighted by atomic mass is 9.73. The van der Waals surface area contributed by atoms with Crippen molar-refractivity contribution in [3.05, 3.63) is 35.1 Å². The van der Waals surface area contributed by atoms with Gasteiger partial charge in [-0.1, -0.05) is 18.6 Å². The predicted molar refractivity (Wildman–Crippen MR) is 68.8 cm³/mol. The Kier molecular flexibility index (Phi) is 2.91. The second kappa shape index (κ2) is 4.32. The Morgan fingerprint density at radius 3 is 2.56 bits per heavy atom. The van der Waals surface area contributed by atoms with Gasteiger partial charge in [-0.05, 0) is 44.2 Å². The number of hydrogen-bond acceptors (Lipinski definition) is 2. The van der Waals surface area contributed by atoms with Crippen LogP contribution in [0.4, 0.5) is 4.39 Å².